The first-order valence-electron chi connectivity index (χ1n) is 10.4. The molecule has 2 aliphatic rings. The van der Waals surface area contributed by atoms with Crippen LogP contribution in [0.15, 0.2) is 88.6 Å². The largest absolute Gasteiger partial charge is 0.485 e. The lowest BCUT2D eigenvalue weighted by atomic mass is 10.0. The number of fused-ring (bicyclic) bond motifs is 2. The Hall–Kier alpha value is -3.64. The summed E-state index contributed by atoms with van der Waals surface area (Å²) in [6.45, 7) is 1.82. The van der Waals surface area contributed by atoms with Gasteiger partial charge in [0.15, 0.2) is 18.1 Å². The van der Waals surface area contributed by atoms with Crippen molar-refractivity contribution in [2.24, 2.45) is 0 Å². The van der Waals surface area contributed by atoms with Gasteiger partial charge < -0.3 is 14.2 Å². The molecule has 0 unspecified atom stereocenters. The number of carbonyl (C=O) groups is 2. The third-order valence-electron chi connectivity index (χ3n) is 5.49. The molecule has 2 aliphatic heterocycles. The van der Waals surface area contributed by atoms with Crippen molar-refractivity contribution < 1.29 is 23.8 Å². The van der Waals surface area contributed by atoms with Crippen LogP contribution in [0.5, 0.6) is 17.2 Å². The van der Waals surface area contributed by atoms with Gasteiger partial charge >= 0.3 is 0 Å². The van der Waals surface area contributed by atoms with Gasteiger partial charge in [-0.15, -0.1) is 0 Å². The normalized spacial score (nSPS) is 17.5. The lowest BCUT2D eigenvalue weighted by Gasteiger charge is -2.22. The summed E-state index contributed by atoms with van der Waals surface area (Å²) >= 11 is 3.35. The van der Waals surface area contributed by atoms with Crippen LogP contribution in [0.2, 0.25) is 0 Å². The first-order valence-corrected chi connectivity index (χ1v) is 11.2. The van der Waals surface area contributed by atoms with E-state index in [9.17, 15) is 9.59 Å². The number of para-hydroxylation sites is 1. The highest BCUT2D eigenvalue weighted by Gasteiger charge is 2.29. The Morgan fingerprint density at radius 1 is 1.06 bits per heavy atom. The van der Waals surface area contributed by atoms with E-state index < -0.39 is 0 Å². The van der Waals surface area contributed by atoms with Crippen LogP contribution in [0.3, 0.4) is 0 Å². The molecule has 0 radical (unpaired) electrons. The van der Waals surface area contributed by atoms with Crippen molar-refractivity contribution >= 4 is 33.6 Å². The fraction of sp³-hybridized carbons (Fsp3) is 0.111. The average molecular weight is 503 g/mol. The second-order valence-corrected chi connectivity index (χ2v) is 8.67. The fourth-order valence-electron chi connectivity index (χ4n) is 3.70. The minimum absolute atomic E-state index is 0.113. The van der Waals surface area contributed by atoms with Crippen LogP contribution in [0.1, 0.15) is 33.2 Å². The third kappa shape index (κ3) is 4.34. The first-order chi connectivity index (χ1) is 16.0. The van der Waals surface area contributed by atoms with E-state index >= 15 is 0 Å². The fourth-order valence-corrected chi connectivity index (χ4v) is 3.96. The molecule has 0 N–H and O–H groups in total. The van der Waals surface area contributed by atoms with Crippen molar-refractivity contribution in [1.29, 1.82) is 0 Å². The molecular formula is C27H19BrO5. The van der Waals surface area contributed by atoms with Gasteiger partial charge in [-0.3, -0.25) is 9.59 Å². The van der Waals surface area contributed by atoms with Crippen LogP contribution in [0.25, 0.3) is 6.08 Å². The van der Waals surface area contributed by atoms with Crippen LogP contribution in [-0.4, -0.2) is 24.3 Å². The SMILES string of the molecule is C[C@@H]1Oc2ccccc2C=C1/C=C1\Oc2cc(OCC(=O)c3ccc(Br)cc3)ccc2C1=O. The van der Waals surface area contributed by atoms with Gasteiger partial charge in [0.1, 0.15) is 23.4 Å². The molecule has 2 heterocycles. The van der Waals surface area contributed by atoms with Crippen LogP contribution in [-0.2, 0) is 0 Å². The predicted octanol–water partition coefficient (Wildman–Crippen LogP) is 6.03. The summed E-state index contributed by atoms with van der Waals surface area (Å²) in [6, 6.07) is 19.8. The molecule has 164 valence electrons. The molecule has 6 heteroatoms. The maximum Gasteiger partial charge on any atom is 0.231 e. The number of rotatable bonds is 5. The molecule has 0 amide bonds. The highest BCUT2D eigenvalue weighted by Crippen LogP contribution is 2.36. The van der Waals surface area contributed by atoms with Gasteiger partial charge in [0.2, 0.25) is 5.78 Å². The maximum atomic E-state index is 12.9. The van der Waals surface area contributed by atoms with Gasteiger partial charge in [-0.25, -0.2) is 0 Å². The molecular weight excluding hydrogens is 484 g/mol. The van der Waals surface area contributed by atoms with Crippen LogP contribution < -0.4 is 14.2 Å². The number of carbonyl (C=O) groups excluding carboxylic acids is 2. The summed E-state index contributed by atoms with van der Waals surface area (Å²) in [7, 11) is 0. The molecule has 3 aromatic carbocycles. The number of benzene rings is 3. The van der Waals surface area contributed by atoms with E-state index in [1.165, 1.54) is 0 Å². The Labute approximate surface area is 199 Å². The number of hydrogen-bond donors (Lipinski definition) is 0. The molecule has 5 rings (SSSR count). The number of ketones is 2. The molecule has 3 aromatic rings. The van der Waals surface area contributed by atoms with Gasteiger partial charge in [-0.05, 0) is 55.0 Å². The monoisotopic (exact) mass is 502 g/mol. The maximum absolute atomic E-state index is 12.9. The standard InChI is InChI=1S/C27H19BrO5/c1-16-19(12-18-4-2-3-5-24(18)32-16)13-26-27(30)22-11-10-21(14-25(22)33-26)31-15-23(29)17-6-8-20(28)9-7-17/h2-14,16H,15H2,1H3/b26-13-/t16-/m0/s1. The summed E-state index contributed by atoms with van der Waals surface area (Å²) in [5.41, 5.74) is 2.82. The van der Waals surface area contributed by atoms with Crippen molar-refractivity contribution in [2.75, 3.05) is 6.61 Å². The zero-order valence-corrected chi connectivity index (χ0v) is 19.3. The zero-order chi connectivity index (χ0) is 22.9. The molecule has 1 atom stereocenters. The quantitative estimate of drug-likeness (QED) is 0.314. The Kier molecular flexibility index (Phi) is 5.60. The molecule has 0 aromatic heterocycles. The minimum atomic E-state index is -0.212. The Morgan fingerprint density at radius 3 is 2.67 bits per heavy atom. The second-order valence-electron chi connectivity index (χ2n) is 7.76. The van der Waals surface area contributed by atoms with E-state index in [0.717, 1.165) is 21.4 Å². The molecule has 0 aliphatic carbocycles. The zero-order valence-electron chi connectivity index (χ0n) is 17.7. The number of allylic oxidation sites excluding steroid dienone is 1. The number of Topliss-reactive ketones (excluding diaryl/α,β-unsaturated/α-hetero) is 2. The van der Waals surface area contributed by atoms with E-state index in [-0.39, 0.29) is 30.0 Å². The van der Waals surface area contributed by atoms with Crippen molar-refractivity contribution in [2.45, 2.75) is 13.0 Å². The van der Waals surface area contributed by atoms with Crippen LogP contribution in [0.4, 0.5) is 0 Å². The van der Waals surface area contributed by atoms with E-state index in [4.69, 9.17) is 14.2 Å². The summed E-state index contributed by atoms with van der Waals surface area (Å²) < 4.78 is 18.3. The van der Waals surface area contributed by atoms with Gasteiger partial charge in [0.05, 0.1) is 5.56 Å². The van der Waals surface area contributed by atoms with Crippen LogP contribution >= 0.6 is 15.9 Å². The molecule has 0 fully saturated rings. The van der Waals surface area contributed by atoms with Crippen molar-refractivity contribution in [3.8, 4) is 17.2 Å². The van der Waals surface area contributed by atoms with Crippen molar-refractivity contribution in [1.82, 2.24) is 0 Å². The molecule has 33 heavy (non-hydrogen) atoms. The van der Waals surface area contributed by atoms with Gasteiger partial charge in [0.25, 0.3) is 0 Å². The summed E-state index contributed by atoms with van der Waals surface area (Å²) in [5, 5.41) is 0. The van der Waals surface area contributed by atoms with Gasteiger partial charge in [-0.2, -0.15) is 0 Å². The Bertz CT molecular complexity index is 1320. The highest BCUT2D eigenvalue weighted by atomic mass is 79.9. The number of hydrogen-bond acceptors (Lipinski definition) is 5. The molecule has 0 saturated carbocycles. The smallest absolute Gasteiger partial charge is 0.231 e. The summed E-state index contributed by atoms with van der Waals surface area (Å²) in [6.07, 6.45) is 3.51. The van der Waals surface area contributed by atoms with E-state index in [0.29, 0.717) is 22.6 Å². The van der Waals surface area contributed by atoms with E-state index in [2.05, 4.69) is 15.9 Å². The van der Waals surface area contributed by atoms with Crippen LogP contribution in [0, 0.1) is 0 Å². The Morgan fingerprint density at radius 2 is 1.85 bits per heavy atom. The Balaban J connectivity index is 1.31. The first kappa shape index (κ1) is 21.2. The minimum Gasteiger partial charge on any atom is -0.485 e. The predicted molar refractivity (Wildman–Crippen MR) is 128 cm³/mol. The second kappa shape index (κ2) is 8.71. The molecule has 5 nitrogen and oxygen atoms in total. The topological polar surface area (TPSA) is 61.8 Å². The third-order valence-corrected chi connectivity index (χ3v) is 6.02. The van der Waals surface area contributed by atoms with Gasteiger partial charge in [0, 0.05) is 21.7 Å². The van der Waals surface area contributed by atoms with Crippen molar-refractivity contribution in [3.05, 3.63) is 105 Å². The number of halogens is 1. The lowest BCUT2D eigenvalue weighted by Crippen LogP contribution is -2.18. The molecule has 0 spiro atoms. The molecule has 0 saturated heterocycles. The molecule has 0 bridgehead atoms. The average Bonchev–Trinajstić information content (AvgIpc) is 3.13. The van der Waals surface area contributed by atoms with Gasteiger partial charge in [-0.1, -0.05) is 46.3 Å². The summed E-state index contributed by atoms with van der Waals surface area (Å²) in [4.78, 5) is 25.2. The number of ether oxygens (including phenoxy) is 3. The lowest BCUT2D eigenvalue weighted by molar-refractivity contribution is 0.0921. The highest BCUT2D eigenvalue weighted by molar-refractivity contribution is 9.10. The van der Waals surface area contributed by atoms with E-state index in [1.54, 1.807) is 36.4 Å². The summed E-state index contributed by atoms with van der Waals surface area (Å²) in [5.74, 6) is 1.57. The van der Waals surface area contributed by atoms with Crippen molar-refractivity contribution in [3.63, 3.8) is 0 Å². The van der Waals surface area contributed by atoms with E-state index in [1.807, 2.05) is 49.4 Å².